The number of carbonyl (C=O) groups is 5. The third kappa shape index (κ3) is 9.93. The van der Waals surface area contributed by atoms with Gasteiger partial charge in [0.05, 0.1) is 25.4 Å². The first kappa shape index (κ1) is 28.5. The SMILES string of the molecule is NCCCCC(NC(=O)C(CC(N)=O)NC(=O)C(CO)NC(=O)C(N)Cc1cnc[nH]1)C(=O)O. The van der Waals surface area contributed by atoms with Gasteiger partial charge in [-0.05, 0) is 25.8 Å². The van der Waals surface area contributed by atoms with E-state index >= 15 is 0 Å². The van der Waals surface area contributed by atoms with Crippen molar-refractivity contribution in [1.29, 1.82) is 0 Å². The topological polar surface area (TPSA) is 269 Å². The van der Waals surface area contributed by atoms with E-state index in [1.807, 2.05) is 0 Å². The number of unbranched alkanes of at least 4 members (excludes halogenated alkanes) is 1. The molecule has 0 fully saturated rings. The lowest BCUT2D eigenvalue weighted by molar-refractivity contribution is -0.142. The Bertz CT molecular complexity index is 833. The molecule has 0 saturated carbocycles. The number of carboxylic acid groups (broad SMARTS) is 1. The summed E-state index contributed by atoms with van der Waals surface area (Å²) in [6.07, 6.45) is 3.37. The van der Waals surface area contributed by atoms with E-state index in [9.17, 15) is 34.2 Å². The molecule has 1 heterocycles. The van der Waals surface area contributed by atoms with Crippen LogP contribution in [0.25, 0.3) is 0 Å². The molecule has 0 bridgehead atoms. The summed E-state index contributed by atoms with van der Waals surface area (Å²) in [5.41, 5.74) is 16.9. The van der Waals surface area contributed by atoms with Gasteiger partial charge in [-0.15, -0.1) is 0 Å². The van der Waals surface area contributed by atoms with Gasteiger partial charge in [-0.2, -0.15) is 0 Å². The highest BCUT2D eigenvalue weighted by molar-refractivity contribution is 5.96. The number of nitrogens with zero attached hydrogens (tertiary/aromatic N) is 1. The number of aliphatic hydroxyl groups excluding tert-OH is 1. The van der Waals surface area contributed by atoms with Crippen molar-refractivity contribution in [3.8, 4) is 0 Å². The lowest BCUT2D eigenvalue weighted by Gasteiger charge is -2.24. The number of hydrogen-bond donors (Lipinski definition) is 9. The van der Waals surface area contributed by atoms with Crippen LogP contribution >= 0.6 is 0 Å². The fourth-order valence-corrected chi connectivity index (χ4v) is 2.90. The predicted octanol–water partition coefficient (Wildman–Crippen LogP) is -4.18. The summed E-state index contributed by atoms with van der Waals surface area (Å²) in [6.45, 7) is -0.490. The highest BCUT2D eigenvalue weighted by atomic mass is 16.4. The third-order valence-corrected chi connectivity index (χ3v) is 4.75. The van der Waals surface area contributed by atoms with E-state index in [0.717, 1.165) is 0 Å². The zero-order chi connectivity index (χ0) is 25.7. The van der Waals surface area contributed by atoms with Crippen LogP contribution in [0.1, 0.15) is 31.4 Å². The molecule has 15 nitrogen and oxygen atoms in total. The summed E-state index contributed by atoms with van der Waals surface area (Å²) in [5, 5.41) is 25.6. The van der Waals surface area contributed by atoms with Crippen molar-refractivity contribution in [2.75, 3.05) is 13.2 Å². The molecule has 4 atom stereocenters. The first-order chi connectivity index (χ1) is 16.1. The molecule has 4 unspecified atom stereocenters. The number of primary amides is 1. The first-order valence-electron chi connectivity index (χ1n) is 10.5. The molecule has 15 heteroatoms. The number of hydrogen-bond acceptors (Lipinski definition) is 9. The number of nitrogens with one attached hydrogen (secondary N) is 4. The smallest absolute Gasteiger partial charge is 0.326 e. The van der Waals surface area contributed by atoms with Gasteiger partial charge in [-0.25, -0.2) is 9.78 Å². The van der Waals surface area contributed by atoms with Gasteiger partial charge in [-0.3, -0.25) is 19.2 Å². The van der Waals surface area contributed by atoms with Crippen LogP contribution in [0.15, 0.2) is 12.5 Å². The van der Waals surface area contributed by atoms with Crippen molar-refractivity contribution in [3.05, 3.63) is 18.2 Å². The second-order valence-electron chi connectivity index (χ2n) is 7.55. The van der Waals surface area contributed by atoms with Gasteiger partial charge < -0.3 is 48.3 Å². The summed E-state index contributed by atoms with van der Waals surface area (Å²) in [4.78, 5) is 66.8. The number of aromatic amines is 1. The van der Waals surface area contributed by atoms with Crippen molar-refractivity contribution < 1.29 is 34.2 Å². The van der Waals surface area contributed by atoms with Crippen LogP contribution in [0.4, 0.5) is 0 Å². The average Bonchev–Trinajstić information content (AvgIpc) is 3.28. The van der Waals surface area contributed by atoms with E-state index in [-0.39, 0.29) is 12.8 Å². The molecular weight excluding hydrogens is 452 g/mol. The molecule has 0 aliphatic rings. The van der Waals surface area contributed by atoms with Crippen LogP contribution < -0.4 is 33.2 Å². The van der Waals surface area contributed by atoms with Crippen LogP contribution in [0.2, 0.25) is 0 Å². The molecule has 0 saturated heterocycles. The monoisotopic (exact) mass is 484 g/mol. The van der Waals surface area contributed by atoms with Crippen molar-refractivity contribution in [2.24, 2.45) is 17.2 Å². The molecule has 190 valence electrons. The van der Waals surface area contributed by atoms with Gasteiger partial charge in [0.25, 0.3) is 0 Å². The zero-order valence-electron chi connectivity index (χ0n) is 18.5. The quantitative estimate of drug-likeness (QED) is 0.102. The number of aliphatic hydroxyl groups is 1. The van der Waals surface area contributed by atoms with Gasteiger partial charge in [0.15, 0.2) is 0 Å². The first-order valence-corrected chi connectivity index (χ1v) is 10.5. The van der Waals surface area contributed by atoms with E-state index in [2.05, 4.69) is 25.9 Å². The minimum absolute atomic E-state index is 0.0824. The lowest BCUT2D eigenvalue weighted by Crippen LogP contribution is -2.58. The Hall–Kier alpha value is -3.56. The molecule has 0 radical (unpaired) electrons. The Morgan fingerprint density at radius 1 is 1.00 bits per heavy atom. The van der Waals surface area contributed by atoms with Crippen molar-refractivity contribution in [2.45, 2.75) is 56.3 Å². The summed E-state index contributed by atoms with van der Waals surface area (Å²) in [7, 11) is 0. The molecule has 0 spiro atoms. The Balaban J connectivity index is 2.80. The zero-order valence-corrected chi connectivity index (χ0v) is 18.5. The summed E-state index contributed by atoms with van der Waals surface area (Å²) >= 11 is 0. The second kappa shape index (κ2) is 14.6. The molecule has 1 aromatic heterocycles. The number of H-pyrrole nitrogens is 1. The number of aliphatic carboxylic acids is 1. The fraction of sp³-hybridized carbons (Fsp3) is 0.579. The van der Waals surface area contributed by atoms with Gasteiger partial charge in [-0.1, -0.05) is 0 Å². The van der Waals surface area contributed by atoms with E-state index in [1.165, 1.54) is 12.5 Å². The highest BCUT2D eigenvalue weighted by Crippen LogP contribution is 2.03. The minimum Gasteiger partial charge on any atom is -0.480 e. The van der Waals surface area contributed by atoms with E-state index in [4.69, 9.17) is 17.2 Å². The van der Waals surface area contributed by atoms with Crippen LogP contribution in [-0.4, -0.2) is 87.1 Å². The number of amides is 4. The van der Waals surface area contributed by atoms with Gasteiger partial charge in [0.1, 0.15) is 18.1 Å². The number of imidazole rings is 1. The maximum absolute atomic E-state index is 12.6. The summed E-state index contributed by atoms with van der Waals surface area (Å²) < 4.78 is 0. The molecule has 0 aliphatic carbocycles. The molecule has 1 rings (SSSR count). The molecular formula is C19H32N8O7. The molecule has 34 heavy (non-hydrogen) atoms. The molecule has 1 aromatic rings. The lowest BCUT2D eigenvalue weighted by atomic mass is 10.1. The summed E-state index contributed by atoms with van der Waals surface area (Å²) in [6, 6.07) is -5.38. The second-order valence-corrected chi connectivity index (χ2v) is 7.55. The molecule has 0 aromatic carbocycles. The number of aromatic nitrogens is 2. The van der Waals surface area contributed by atoms with Crippen LogP contribution in [-0.2, 0) is 30.4 Å². The number of rotatable bonds is 16. The van der Waals surface area contributed by atoms with Crippen LogP contribution in [0.5, 0.6) is 0 Å². The minimum atomic E-state index is -1.54. The average molecular weight is 485 g/mol. The van der Waals surface area contributed by atoms with Gasteiger partial charge >= 0.3 is 5.97 Å². The maximum atomic E-state index is 12.6. The van der Waals surface area contributed by atoms with Crippen LogP contribution in [0.3, 0.4) is 0 Å². The Morgan fingerprint density at radius 3 is 2.15 bits per heavy atom. The molecule has 12 N–H and O–H groups in total. The van der Waals surface area contributed by atoms with Crippen molar-refractivity contribution >= 4 is 29.6 Å². The standard InChI is InChI=1S/C19H32N8O7/c20-4-2-1-3-12(19(33)34)25-17(31)13(6-15(22)29)26-18(32)14(8-28)27-16(30)11(21)5-10-7-23-9-24-10/h7,9,11-14,28H,1-6,8,20-21H2,(H2,22,29)(H,23,24)(H,25,31)(H,26,32)(H,27,30)(H,33,34). The van der Waals surface area contributed by atoms with E-state index in [0.29, 0.717) is 25.1 Å². The molecule has 4 amide bonds. The van der Waals surface area contributed by atoms with E-state index < -0.39 is 66.8 Å². The fourth-order valence-electron chi connectivity index (χ4n) is 2.90. The normalized spacial score (nSPS) is 14.3. The Morgan fingerprint density at radius 2 is 1.62 bits per heavy atom. The van der Waals surface area contributed by atoms with Crippen molar-refractivity contribution in [1.82, 2.24) is 25.9 Å². The van der Waals surface area contributed by atoms with Crippen LogP contribution in [0, 0.1) is 0 Å². The van der Waals surface area contributed by atoms with Gasteiger partial charge in [0, 0.05) is 18.3 Å². The highest BCUT2D eigenvalue weighted by Gasteiger charge is 2.31. The van der Waals surface area contributed by atoms with E-state index in [1.54, 1.807) is 0 Å². The number of nitrogens with two attached hydrogens (primary N) is 3. The summed E-state index contributed by atoms with van der Waals surface area (Å²) in [5.74, 6) is -4.97. The predicted molar refractivity (Wildman–Crippen MR) is 117 cm³/mol. The van der Waals surface area contributed by atoms with Gasteiger partial charge in [0.2, 0.25) is 23.6 Å². The molecule has 0 aliphatic heterocycles. The van der Waals surface area contributed by atoms with Crippen molar-refractivity contribution in [3.63, 3.8) is 0 Å². The maximum Gasteiger partial charge on any atom is 0.326 e. The largest absolute Gasteiger partial charge is 0.480 e. The third-order valence-electron chi connectivity index (χ3n) is 4.75. The number of carboxylic acids is 1. The Kier molecular flexibility index (Phi) is 12.2. The Labute approximate surface area is 195 Å². The number of carbonyl (C=O) groups excluding carboxylic acids is 4.